The number of piperidine rings is 1. The lowest BCUT2D eigenvalue weighted by molar-refractivity contribution is -0.00721. The number of hydrogen-bond donors (Lipinski definition) is 1. The number of nitrogens with zero attached hydrogens (tertiary/aromatic N) is 4. The predicted octanol–water partition coefficient (Wildman–Crippen LogP) is 6.17. The summed E-state index contributed by atoms with van der Waals surface area (Å²) in [5, 5.41) is 3.50. The topological polar surface area (TPSA) is 107 Å². The van der Waals surface area contributed by atoms with E-state index in [1.54, 1.807) is 51.2 Å². The van der Waals surface area contributed by atoms with Crippen LogP contribution in [0.25, 0.3) is 22.3 Å². The molecule has 3 aromatic heterocycles. The number of anilines is 1. The van der Waals surface area contributed by atoms with E-state index < -0.39 is 17.5 Å². The molecule has 1 N–H and O–H groups in total. The molecule has 1 fully saturated rings. The highest BCUT2D eigenvalue weighted by Crippen LogP contribution is 2.31. The number of alkyl carbamates (subject to hydrolysis) is 1. The number of amides is 1. The van der Waals surface area contributed by atoms with Gasteiger partial charge in [0, 0.05) is 48.6 Å². The van der Waals surface area contributed by atoms with Crippen LogP contribution < -0.4 is 10.2 Å². The molecule has 10 heteroatoms. The van der Waals surface area contributed by atoms with E-state index in [0.29, 0.717) is 47.1 Å². The van der Waals surface area contributed by atoms with E-state index in [0.717, 1.165) is 5.39 Å². The van der Waals surface area contributed by atoms with Gasteiger partial charge in [-0.25, -0.2) is 23.9 Å². The number of rotatable bonds is 6. The molecule has 9 nitrogen and oxygen atoms in total. The third kappa shape index (κ3) is 7.43. The lowest BCUT2D eigenvalue weighted by Crippen LogP contribution is -2.49. The van der Waals surface area contributed by atoms with E-state index >= 15 is 0 Å². The molecule has 1 aromatic carbocycles. The number of ether oxygens (including phenoxy) is 2. The van der Waals surface area contributed by atoms with E-state index in [1.165, 1.54) is 12.1 Å². The van der Waals surface area contributed by atoms with Crippen molar-refractivity contribution in [3.63, 3.8) is 0 Å². The Labute approximate surface area is 250 Å². The van der Waals surface area contributed by atoms with E-state index in [1.807, 2.05) is 43.0 Å². The van der Waals surface area contributed by atoms with E-state index in [2.05, 4.69) is 10.3 Å². The van der Waals surface area contributed by atoms with Crippen molar-refractivity contribution in [1.82, 2.24) is 20.3 Å². The van der Waals surface area contributed by atoms with Crippen LogP contribution in [0.15, 0.2) is 66.9 Å². The summed E-state index contributed by atoms with van der Waals surface area (Å²) in [5.74, 6) is -0.254. The van der Waals surface area contributed by atoms with Crippen LogP contribution in [-0.2, 0) is 16.0 Å². The van der Waals surface area contributed by atoms with Crippen LogP contribution in [-0.4, -0.2) is 51.8 Å². The van der Waals surface area contributed by atoms with Gasteiger partial charge in [-0.1, -0.05) is 32.0 Å². The van der Waals surface area contributed by atoms with E-state index in [4.69, 9.17) is 19.4 Å². The molecule has 4 aromatic rings. The highest BCUT2D eigenvalue weighted by molar-refractivity contribution is 5.89. The molecule has 1 amide bonds. The van der Waals surface area contributed by atoms with Crippen molar-refractivity contribution in [2.75, 3.05) is 18.0 Å². The number of pyridine rings is 3. The average molecular weight is 586 g/mol. The van der Waals surface area contributed by atoms with Crippen LogP contribution in [0.4, 0.5) is 15.0 Å². The first-order chi connectivity index (χ1) is 20.4. The fraction of sp³-hybridized carbons (Fsp3) is 0.364. The SMILES string of the molecule is C[C@@H]1CN(c2cc(F)cc(-c3ccc4cnc(CNC(=O)OC(C)(C)C)cc4n3)n2)C[C@H](C)C1OC(=O)c1ccccc1. The highest BCUT2D eigenvalue weighted by atomic mass is 19.1. The molecular weight excluding hydrogens is 549 g/mol. The minimum Gasteiger partial charge on any atom is -0.458 e. The maximum absolute atomic E-state index is 14.9. The number of benzene rings is 1. The summed E-state index contributed by atoms with van der Waals surface area (Å²) in [7, 11) is 0. The number of fused-ring (bicyclic) bond motifs is 1. The molecule has 5 rings (SSSR count). The number of carbonyl (C=O) groups is 2. The van der Waals surface area contributed by atoms with E-state index in [-0.39, 0.29) is 30.5 Å². The smallest absolute Gasteiger partial charge is 0.407 e. The molecule has 0 radical (unpaired) electrons. The Hall–Kier alpha value is -4.60. The molecule has 1 unspecified atom stereocenters. The zero-order chi connectivity index (χ0) is 30.7. The maximum atomic E-state index is 14.9. The van der Waals surface area contributed by atoms with Crippen molar-refractivity contribution in [2.45, 2.75) is 52.9 Å². The molecule has 1 aliphatic heterocycles. The Kier molecular flexibility index (Phi) is 8.57. The summed E-state index contributed by atoms with van der Waals surface area (Å²) in [4.78, 5) is 40.7. The second-order valence-corrected chi connectivity index (χ2v) is 12.0. The zero-order valence-corrected chi connectivity index (χ0v) is 25.0. The molecule has 43 heavy (non-hydrogen) atoms. The maximum Gasteiger partial charge on any atom is 0.407 e. The van der Waals surface area contributed by atoms with Crippen molar-refractivity contribution in [3.8, 4) is 11.4 Å². The van der Waals surface area contributed by atoms with Crippen molar-refractivity contribution >= 4 is 28.8 Å². The minimum absolute atomic E-state index is 0.00364. The van der Waals surface area contributed by atoms with Gasteiger partial charge in [0.2, 0.25) is 0 Å². The number of halogens is 1. The average Bonchev–Trinajstić information content (AvgIpc) is 2.96. The molecule has 4 heterocycles. The lowest BCUT2D eigenvalue weighted by atomic mass is 9.88. The van der Waals surface area contributed by atoms with Crippen molar-refractivity contribution in [1.29, 1.82) is 0 Å². The third-order valence-corrected chi connectivity index (χ3v) is 7.20. The molecule has 0 aliphatic carbocycles. The molecule has 1 saturated heterocycles. The van der Waals surface area contributed by atoms with Crippen LogP contribution in [0.2, 0.25) is 0 Å². The van der Waals surface area contributed by atoms with Gasteiger partial charge < -0.3 is 19.7 Å². The quantitative estimate of drug-likeness (QED) is 0.268. The standard InChI is InChI=1S/C33H36FN5O4/c1-20-18-39(19-21(2)30(20)42-31(40)22-9-7-6-8-10-22)29-14-24(34)13-28(38-29)26-12-11-23-16-35-25(15-27(23)37-26)17-36-32(41)43-33(3,4)5/h6-16,20-21,30H,17-19H2,1-5H3,(H,36,41)/t20-,21+,30?. The summed E-state index contributed by atoms with van der Waals surface area (Å²) < 4.78 is 26.1. The summed E-state index contributed by atoms with van der Waals surface area (Å²) in [6.07, 6.45) is 0.876. The molecule has 0 spiro atoms. The van der Waals surface area contributed by atoms with Gasteiger partial charge >= 0.3 is 12.1 Å². The summed E-state index contributed by atoms with van der Waals surface area (Å²) >= 11 is 0. The summed E-state index contributed by atoms with van der Waals surface area (Å²) in [6, 6.07) is 17.2. The van der Waals surface area contributed by atoms with Crippen LogP contribution in [0.1, 0.15) is 50.7 Å². The van der Waals surface area contributed by atoms with Crippen LogP contribution in [0.5, 0.6) is 0 Å². The highest BCUT2D eigenvalue weighted by Gasteiger charge is 2.35. The van der Waals surface area contributed by atoms with Gasteiger partial charge in [-0.2, -0.15) is 0 Å². The Morgan fingerprint density at radius 1 is 0.977 bits per heavy atom. The predicted molar refractivity (Wildman–Crippen MR) is 162 cm³/mol. The van der Waals surface area contributed by atoms with Crippen LogP contribution in [0.3, 0.4) is 0 Å². The fourth-order valence-electron chi connectivity index (χ4n) is 5.27. The lowest BCUT2D eigenvalue weighted by Gasteiger charge is -2.41. The van der Waals surface area contributed by atoms with Crippen LogP contribution in [0, 0.1) is 17.7 Å². The molecule has 0 saturated carbocycles. The monoisotopic (exact) mass is 585 g/mol. The van der Waals surface area contributed by atoms with Crippen molar-refractivity contribution < 1.29 is 23.5 Å². The van der Waals surface area contributed by atoms with Gasteiger partial charge in [-0.15, -0.1) is 0 Å². The Morgan fingerprint density at radius 3 is 2.40 bits per heavy atom. The first-order valence-electron chi connectivity index (χ1n) is 14.4. The van der Waals surface area contributed by atoms with Gasteiger partial charge in [0.15, 0.2) is 0 Å². The van der Waals surface area contributed by atoms with Gasteiger partial charge in [0.25, 0.3) is 0 Å². The molecule has 224 valence electrons. The Morgan fingerprint density at radius 2 is 1.70 bits per heavy atom. The normalized spacial score (nSPS) is 18.7. The van der Waals surface area contributed by atoms with Gasteiger partial charge in [-0.3, -0.25) is 4.98 Å². The molecule has 3 atom stereocenters. The van der Waals surface area contributed by atoms with Gasteiger partial charge in [-0.05, 0) is 51.1 Å². The first-order valence-corrected chi connectivity index (χ1v) is 14.4. The number of aromatic nitrogens is 3. The van der Waals surface area contributed by atoms with Crippen molar-refractivity contribution in [2.24, 2.45) is 11.8 Å². The number of carbonyl (C=O) groups excluding carboxylic acids is 2. The van der Waals surface area contributed by atoms with Gasteiger partial charge in [0.1, 0.15) is 23.3 Å². The van der Waals surface area contributed by atoms with Gasteiger partial charge in [0.05, 0.1) is 34.7 Å². The Balaban J connectivity index is 1.31. The summed E-state index contributed by atoms with van der Waals surface area (Å²) in [5.41, 5.74) is 2.08. The fourth-order valence-corrected chi connectivity index (χ4v) is 5.27. The zero-order valence-electron chi connectivity index (χ0n) is 25.0. The largest absolute Gasteiger partial charge is 0.458 e. The molecule has 0 bridgehead atoms. The molecule has 1 aliphatic rings. The van der Waals surface area contributed by atoms with E-state index in [9.17, 15) is 14.0 Å². The van der Waals surface area contributed by atoms with Crippen molar-refractivity contribution in [3.05, 3.63) is 83.9 Å². The number of esters is 1. The second-order valence-electron chi connectivity index (χ2n) is 12.0. The second kappa shape index (κ2) is 12.3. The third-order valence-electron chi connectivity index (χ3n) is 7.20. The summed E-state index contributed by atoms with van der Waals surface area (Å²) in [6.45, 7) is 10.7. The Bertz CT molecular complexity index is 1610. The first kappa shape index (κ1) is 29.9. The molecular formula is C33H36FN5O4. The number of hydrogen-bond acceptors (Lipinski definition) is 8. The number of nitrogens with one attached hydrogen (secondary N) is 1. The van der Waals surface area contributed by atoms with Crippen LogP contribution >= 0.6 is 0 Å². The minimum atomic E-state index is -0.602.